The van der Waals surface area contributed by atoms with Gasteiger partial charge in [0.05, 0.1) is 13.0 Å². The van der Waals surface area contributed by atoms with Gasteiger partial charge in [-0.25, -0.2) is 0 Å². The molecule has 0 spiro atoms. The number of ether oxygens (including phenoxy) is 1. The molecule has 0 aliphatic carbocycles. The van der Waals surface area contributed by atoms with Gasteiger partial charge in [-0.2, -0.15) is 0 Å². The van der Waals surface area contributed by atoms with Gasteiger partial charge in [0.15, 0.2) is 0 Å². The zero-order valence-electron chi connectivity index (χ0n) is 11.2. The van der Waals surface area contributed by atoms with Crippen LogP contribution in [-0.4, -0.2) is 19.1 Å². The zero-order valence-corrected chi connectivity index (χ0v) is 11.2. The highest BCUT2D eigenvalue weighted by molar-refractivity contribution is 5.91. The Kier molecular flexibility index (Phi) is 6.22. The van der Waals surface area contributed by atoms with Gasteiger partial charge in [0.1, 0.15) is 0 Å². The maximum absolute atomic E-state index is 11.6. The first-order valence-electron chi connectivity index (χ1n) is 6.43. The van der Waals surface area contributed by atoms with Crippen molar-refractivity contribution >= 4 is 17.3 Å². The van der Waals surface area contributed by atoms with Crippen molar-refractivity contribution in [2.45, 2.75) is 33.1 Å². The number of anilines is 2. The highest BCUT2D eigenvalue weighted by Gasteiger charge is 2.04. The first-order valence-corrected chi connectivity index (χ1v) is 6.43. The molecule has 0 radical (unpaired) electrons. The molecule has 0 aliphatic rings. The Bertz CT molecular complexity index is 391. The molecule has 0 aliphatic heterocycles. The molecule has 1 rings (SSSR count). The number of nitrogen functional groups attached to an aromatic ring is 1. The van der Waals surface area contributed by atoms with Gasteiger partial charge >= 0.3 is 0 Å². The Morgan fingerprint density at radius 3 is 2.72 bits per heavy atom. The minimum atomic E-state index is -0.0465. The summed E-state index contributed by atoms with van der Waals surface area (Å²) in [6.45, 7) is 5.25. The number of nitrogens with two attached hydrogens (primary N) is 1. The largest absolute Gasteiger partial charge is 0.398 e. The molecular weight excluding hydrogens is 228 g/mol. The van der Waals surface area contributed by atoms with Crippen LogP contribution in [0.2, 0.25) is 0 Å². The summed E-state index contributed by atoms with van der Waals surface area (Å²) in [7, 11) is 0. The van der Waals surface area contributed by atoms with E-state index in [1.165, 1.54) is 0 Å². The minimum Gasteiger partial charge on any atom is -0.398 e. The number of carbonyl (C=O) groups excluding carboxylic acids is 1. The van der Waals surface area contributed by atoms with Gasteiger partial charge in [0.2, 0.25) is 5.91 Å². The van der Waals surface area contributed by atoms with Crippen LogP contribution in [-0.2, 0) is 16.0 Å². The lowest BCUT2D eigenvalue weighted by molar-refractivity contribution is -0.117. The maximum Gasteiger partial charge on any atom is 0.226 e. The van der Waals surface area contributed by atoms with Crippen molar-refractivity contribution in [2.75, 3.05) is 24.3 Å². The average molecular weight is 250 g/mol. The Morgan fingerprint density at radius 1 is 1.33 bits per heavy atom. The van der Waals surface area contributed by atoms with E-state index in [0.717, 1.165) is 29.8 Å². The number of carbonyl (C=O) groups is 1. The summed E-state index contributed by atoms with van der Waals surface area (Å²) < 4.78 is 5.27. The van der Waals surface area contributed by atoms with Crippen LogP contribution < -0.4 is 11.1 Å². The Hall–Kier alpha value is -1.55. The van der Waals surface area contributed by atoms with Gasteiger partial charge in [-0.3, -0.25) is 4.79 Å². The first kappa shape index (κ1) is 14.5. The van der Waals surface area contributed by atoms with Gasteiger partial charge in [-0.15, -0.1) is 0 Å². The Labute approximate surface area is 109 Å². The lowest BCUT2D eigenvalue weighted by Gasteiger charge is -2.08. The van der Waals surface area contributed by atoms with E-state index >= 15 is 0 Å². The molecule has 3 N–H and O–H groups in total. The summed E-state index contributed by atoms with van der Waals surface area (Å²) in [5, 5.41) is 2.81. The second-order valence-electron chi connectivity index (χ2n) is 4.18. The number of hydrogen-bond donors (Lipinski definition) is 2. The maximum atomic E-state index is 11.6. The summed E-state index contributed by atoms with van der Waals surface area (Å²) in [5.74, 6) is -0.0465. The van der Waals surface area contributed by atoms with Gasteiger partial charge in [0, 0.05) is 18.0 Å². The molecule has 4 nitrogen and oxygen atoms in total. The van der Waals surface area contributed by atoms with Gasteiger partial charge in [0.25, 0.3) is 0 Å². The van der Waals surface area contributed by atoms with Crippen molar-refractivity contribution in [3.8, 4) is 0 Å². The van der Waals surface area contributed by atoms with E-state index in [-0.39, 0.29) is 5.91 Å². The van der Waals surface area contributed by atoms with Crippen LogP contribution in [0.25, 0.3) is 0 Å². The SMILES string of the molecule is CCCOCCC(=O)Nc1ccc(CC)c(N)c1. The average Bonchev–Trinajstić information content (AvgIpc) is 2.35. The Balaban J connectivity index is 2.42. The van der Waals surface area contributed by atoms with E-state index in [9.17, 15) is 4.79 Å². The first-order chi connectivity index (χ1) is 8.67. The number of hydrogen-bond acceptors (Lipinski definition) is 3. The molecular formula is C14H22N2O2. The molecule has 18 heavy (non-hydrogen) atoms. The molecule has 0 fully saturated rings. The fraction of sp³-hybridized carbons (Fsp3) is 0.500. The van der Waals surface area contributed by atoms with Crippen molar-refractivity contribution in [3.05, 3.63) is 23.8 Å². The molecule has 1 amide bonds. The van der Waals surface area contributed by atoms with E-state index < -0.39 is 0 Å². The molecule has 0 aromatic heterocycles. The standard InChI is InChI=1S/C14H22N2O2/c1-3-8-18-9-7-14(17)16-12-6-5-11(4-2)13(15)10-12/h5-6,10H,3-4,7-9,15H2,1-2H3,(H,16,17). The summed E-state index contributed by atoms with van der Waals surface area (Å²) in [5.41, 5.74) is 8.43. The second kappa shape index (κ2) is 7.71. The third-order valence-corrected chi connectivity index (χ3v) is 2.63. The summed E-state index contributed by atoms with van der Waals surface area (Å²) >= 11 is 0. The predicted octanol–water partition coefficient (Wildman–Crippen LogP) is 2.59. The smallest absolute Gasteiger partial charge is 0.226 e. The third-order valence-electron chi connectivity index (χ3n) is 2.63. The molecule has 1 aromatic rings. The van der Waals surface area contributed by atoms with Crippen LogP contribution in [0.5, 0.6) is 0 Å². The number of nitrogens with one attached hydrogen (secondary N) is 1. The van der Waals surface area contributed by atoms with E-state index in [0.29, 0.717) is 19.6 Å². The monoisotopic (exact) mass is 250 g/mol. The number of rotatable bonds is 7. The molecule has 0 heterocycles. The van der Waals surface area contributed by atoms with Crippen molar-refractivity contribution in [1.82, 2.24) is 0 Å². The molecule has 0 bridgehead atoms. The highest BCUT2D eigenvalue weighted by Crippen LogP contribution is 2.18. The van der Waals surface area contributed by atoms with Crippen LogP contribution in [0, 0.1) is 0 Å². The van der Waals surface area contributed by atoms with Crippen LogP contribution in [0.3, 0.4) is 0 Å². The normalized spacial score (nSPS) is 10.3. The van der Waals surface area contributed by atoms with Crippen LogP contribution in [0.15, 0.2) is 18.2 Å². The fourth-order valence-electron chi connectivity index (χ4n) is 1.63. The summed E-state index contributed by atoms with van der Waals surface area (Å²) in [6, 6.07) is 5.61. The molecule has 0 atom stereocenters. The van der Waals surface area contributed by atoms with Crippen molar-refractivity contribution in [2.24, 2.45) is 0 Å². The van der Waals surface area contributed by atoms with E-state index in [2.05, 4.69) is 12.2 Å². The lowest BCUT2D eigenvalue weighted by Crippen LogP contribution is -2.14. The molecule has 1 aromatic carbocycles. The Morgan fingerprint density at radius 2 is 2.11 bits per heavy atom. The summed E-state index contributed by atoms with van der Waals surface area (Å²) in [6.07, 6.45) is 2.23. The molecule has 100 valence electrons. The highest BCUT2D eigenvalue weighted by atomic mass is 16.5. The topological polar surface area (TPSA) is 64.3 Å². The second-order valence-corrected chi connectivity index (χ2v) is 4.18. The third kappa shape index (κ3) is 4.75. The van der Waals surface area contributed by atoms with E-state index in [4.69, 9.17) is 10.5 Å². The van der Waals surface area contributed by atoms with E-state index in [1.54, 1.807) is 6.07 Å². The van der Waals surface area contributed by atoms with Crippen molar-refractivity contribution in [3.63, 3.8) is 0 Å². The molecule has 0 saturated carbocycles. The molecule has 0 saturated heterocycles. The van der Waals surface area contributed by atoms with E-state index in [1.807, 2.05) is 19.1 Å². The quantitative estimate of drug-likeness (QED) is 0.577. The number of benzene rings is 1. The molecule has 4 heteroatoms. The minimum absolute atomic E-state index is 0.0465. The van der Waals surface area contributed by atoms with Crippen LogP contribution >= 0.6 is 0 Å². The van der Waals surface area contributed by atoms with Crippen molar-refractivity contribution in [1.29, 1.82) is 0 Å². The van der Waals surface area contributed by atoms with Crippen molar-refractivity contribution < 1.29 is 9.53 Å². The van der Waals surface area contributed by atoms with Gasteiger partial charge in [-0.1, -0.05) is 19.9 Å². The molecule has 0 unspecified atom stereocenters. The van der Waals surface area contributed by atoms with Gasteiger partial charge in [-0.05, 0) is 30.5 Å². The fourth-order valence-corrected chi connectivity index (χ4v) is 1.63. The number of amides is 1. The van der Waals surface area contributed by atoms with Crippen LogP contribution in [0.1, 0.15) is 32.3 Å². The lowest BCUT2D eigenvalue weighted by atomic mass is 10.1. The van der Waals surface area contributed by atoms with Crippen LogP contribution in [0.4, 0.5) is 11.4 Å². The predicted molar refractivity (Wildman–Crippen MR) is 74.6 cm³/mol. The zero-order chi connectivity index (χ0) is 13.4. The van der Waals surface area contributed by atoms with Gasteiger partial charge < -0.3 is 15.8 Å². The summed E-state index contributed by atoms with van der Waals surface area (Å²) in [4.78, 5) is 11.6. The number of aryl methyl sites for hydroxylation is 1.